The molecule has 24 heavy (non-hydrogen) atoms. The lowest BCUT2D eigenvalue weighted by Crippen LogP contribution is -2.26. The molecule has 1 aromatic heterocycles. The van der Waals surface area contributed by atoms with Crippen molar-refractivity contribution in [3.8, 4) is 0 Å². The van der Waals surface area contributed by atoms with Gasteiger partial charge in [-0.1, -0.05) is 18.2 Å². The predicted octanol–water partition coefficient (Wildman–Crippen LogP) is 2.70. The molecule has 1 atom stereocenters. The summed E-state index contributed by atoms with van der Waals surface area (Å²) in [6.45, 7) is 0. The summed E-state index contributed by atoms with van der Waals surface area (Å²) in [6, 6.07) is 1.75. The second-order valence-electron chi connectivity index (χ2n) is 5.97. The highest BCUT2D eigenvalue weighted by Gasteiger charge is 2.24. The van der Waals surface area contributed by atoms with Gasteiger partial charge in [0.05, 0.1) is 17.6 Å². The molecule has 0 bridgehead atoms. The van der Waals surface area contributed by atoms with Gasteiger partial charge in [-0.2, -0.15) is 0 Å². The molecular weight excluding hydrogens is 307 g/mol. The number of halogens is 1. The molecule has 2 aliphatic carbocycles. The molecule has 4 N–H and O–H groups in total. The van der Waals surface area contributed by atoms with Gasteiger partial charge in [-0.15, -0.1) is 0 Å². The minimum Gasteiger partial charge on any atom is -0.397 e. The monoisotopic (exact) mass is 326 g/mol. The molecule has 1 unspecified atom stereocenters. The third kappa shape index (κ3) is 3.95. The molecular formula is C18H19FN4O. The topological polar surface area (TPSA) is 91.9 Å². The molecule has 1 amide bonds. The molecule has 0 saturated heterocycles. The van der Waals surface area contributed by atoms with Gasteiger partial charge in [0, 0.05) is 18.0 Å². The van der Waals surface area contributed by atoms with Gasteiger partial charge < -0.3 is 16.5 Å². The lowest BCUT2D eigenvalue weighted by atomic mass is 10.0. The summed E-state index contributed by atoms with van der Waals surface area (Å²) in [5.74, 6) is -0.256. The van der Waals surface area contributed by atoms with Gasteiger partial charge in [0.25, 0.3) is 5.91 Å². The van der Waals surface area contributed by atoms with Gasteiger partial charge in [-0.3, -0.25) is 4.79 Å². The molecule has 5 nitrogen and oxygen atoms in total. The Hall–Kier alpha value is -2.76. The number of hydrogen-bond donors (Lipinski definition) is 3. The molecule has 0 radical (unpaired) electrons. The van der Waals surface area contributed by atoms with Crippen LogP contribution < -0.4 is 11.1 Å². The summed E-state index contributed by atoms with van der Waals surface area (Å²) in [6.07, 6.45) is 11.0. The van der Waals surface area contributed by atoms with E-state index >= 15 is 0 Å². The average Bonchev–Trinajstić information content (AvgIpc) is 3.37. The van der Waals surface area contributed by atoms with E-state index in [0.717, 1.165) is 12.8 Å². The van der Waals surface area contributed by atoms with Crippen molar-refractivity contribution in [2.24, 2.45) is 0 Å². The lowest BCUT2D eigenvalue weighted by Gasteiger charge is -2.08. The van der Waals surface area contributed by atoms with E-state index in [1.165, 1.54) is 18.3 Å². The Morgan fingerprint density at radius 1 is 1.46 bits per heavy atom. The predicted molar refractivity (Wildman–Crippen MR) is 91.8 cm³/mol. The molecule has 0 spiro atoms. The molecule has 6 heteroatoms. The van der Waals surface area contributed by atoms with Crippen molar-refractivity contribution < 1.29 is 9.18 Å². The molecule has 1 aromatic rings. The number of nitrogens with one attached hydrogen (secondary N) is 2. The summed E-state index contributed by atoms with van der Waals surface area (Å²) in [7, 11) is 0. The molecule has 1 heterocycles. The number of aromatic nitrogens is 1. The zero-order chi connectivity index (χ0) is 17.1. The highest BCUT2D eigenvalue weighted by Crippen LogP contribution is 2.20. The van der Waals surface area contributed by atoms with Crippen LogP contribution in [0.15, 0.2) is 48.2 Å². The Morgan fingerprint density at radius 2 is 2.25 bits per heavy atom. The minimum atomic E-state index is -0.993. The van der Waals surface area contributed by atoms with Crippen LogP contribution in [0.5, 0.6) is 0 Å². The zero-order valence-electron chi connectivity index (χ0n) is 13.1. The first kappa shape index (κ1) is 16.1. The molecule has 1 fully saturated rings. The molecule has 3 rings (SSSR count). The molecule has 124 valence electrons. The number of carbonyl (C=O) groups is 1. The van der Waals surface area contributed by atoms with E-state index in [-0.39, 0.29) is 23.4 Å². The van der Waals surface area contributed by atoms with Gasteiger partial charge in [0.1, 0.15) is 11.9 Å². The summed E-state index contributed by atoms with van der Waals surface area (Å²) in [4.78, 5) is 16.1. The second kappa shape index (κ2) is 6.78. The fourth-order valence-corrected chi connectivity index (χ4v) is 2.36. The SMILES string of the molecule is N=C(/C=C/C1=CC(F)CC=C1)c1cc(C(=O)NC2CC2)ncc1N. The lowest BCUT2D eigenvalue weighted by molar-refractivity contribution is 0.0946. The number of allylic oxidation sites excluding steroid dienone is 6. The summed E-state index contributed by atoms with van der Waals surface area (Å²) < 4.78 is 13.3. The van der Waals surface area contributed by atoms with Crippen LogP contribution in [-0.4, -0.2) is 28.8 Å². The van der Waals surface area contributed by atoms with E-state index in [2.05, 4.69) is 10.3 Å². The van der Waals surface area contributed by atoms with Crippen LogP contribution >= 0.6 is 0 Å². The fourth-order valence-electron chi connectivity index (χ4n) is 2.36. The highest BCUT2D eigenvalue weighted by atomic mass is 19.1. The number of hydrogen-bond acceptors (Lipinski definition) is 4. The van der Waals surface area contributed by atoms with Crippen molar-refractivity contribution in [1.82, 2.24) is 10.3 Å². The van der Waals surface area contributed by atoms with E-state index in [1.807, 2.05) is 6.08 Å². The number of nitrogen functional groups attached to an aromatic ring is 1. The maximum Gasteiger partial charge on any atom is 0.270 e. The molecule has 0 aliphatic heterocycles. The van der Waals surface area contributed by atoms with Crippen LogP contribution in [-0.2, 0) is 0 Å². The van der Waals surface area contributed by atoms with E-state index in [4.69, 9.17) is 11.1 Å². The number of anilines is 1. The summed E-state index contributed by atoms with van der Waals surface area (Å²) >= 11 is 0. The Kier molecular flexibility index (Phi) is 4.55. The third-order valence-electron chi connectivity index (χ3n) is 3.86. The molecule has 0 aromatic carbocycles. The first-order valence-electron chi connectivity index (χ1n) is 7.89. The summed E-state index contributed by atoms with van der Waals surface area (Å²) in [5.41, 5.74) is 7.72. The minimum absolute atomic E-state index is 0.144. The normalized spacial score (nSPS) is 20.0. The van der Waals surface area contributed by atoms with Gasteiger partial charge in [0.15, 0.2) is 0 Å². The van der Waals surface area contributed by atoms with Crippen molar-refractivity contribution in [2.45, 2.75) is 31.5 Å². The van der Waals surface area contributed by atoms with Crippen LogP contribution in [0.2, 0.25) is 0 Å². The van der Waals surface area contributed by atoms with Crippen LogP contribution in [0.3, 0.4) is 0 Å². The zero-order valence-corrected chi connectivity index (χ0v) is 13.1. The fraction of sp³-hybridized carbons (Fsp3) is 0.278. The number of rotatable bonds is 5. The van der Waals surface area contributed by atoms with Gasteiger partial charge in [-0.05, 0) is 36.6 Å². The van der Waals surface area contributed by atoms with E-state index < -0.39 is 6.17 Å². The van der Waals surface area contributed by atoms with Crippen molar-refractivity contribution in [1.29, 1.82) is 5.41 Å². The third-order valence-corrected chi connectivity index (χ3v) is 3.86. The Morgan fingerprint density at radius 3 is 2.96 bits per heavy atom. The Balaban J connectivity index is 1.76. The number of carbonyl (C=O) groups excluding carboxylic acids is 1. The maximum absolute atomic E-state index is 13.3. The largest absolute Gasteiger partial charge is 0.397 e. The van der Waals surface area contributed by atoms with Crippen LogP contribution in [0, 0.1) is 5.41 Å². The van der Waals surface area contributed by atoms with E-state index in [9.17, 15) is 9.18 Å². The number of alkyl halides is 1. The van der Waals surface area contributed by atoms with E-state index in [1.54, 1.807) is 18.2 Å². The maximum atomic E-state index is 13.3. The highest BCUT2D eigenvalue weighted by molar-refractivity contribution is 6.11. The van der Waals surface area contributed by atoms with Gasteiger partial charge in [0.2, 0.25) is 0 Å². The van der Waals surface area contributed by atoms with Crippen molar-refractivity contribution in [3.05, 3.63) is 59.5 Å². The Bertz CT molecular complexity index is 762. The van der Waals surface area contributed by atoms with Crippen molar-refractivity contribution in [2.75, 3.05) is 5.73 Å². The van der Waals surface area contributed by atoms with Crippen LogP contribution in [0.1, 0.15) is 35.3 Å². The van der Waals surface area contributed by atoms with Gasteiger partial charge >= 0.3 is 0 Å². The van der Waals surface area contributed by atoms with Crippen LogP contribution in [0.4, 0.5) is 10.1 Å². The standard InChI is InChI=1S/C18H19FN4O/c19-12-3-1-2-11(8-12)4-7-15(20)14-9-17(22-10-16(14)21)18(24)23-13-5-6-13/h1-2,4,7-10,12-13,20H,3,5-6,21H2,(H,23,24)/b7-4+,20-15?. The number of nitrogens with zero attached hydrogens (tertiary/aromatic N) is 1. The first-order chi connectivity index (χ1) is 11.5. The Labute approximate surface area is 139 Å². The van der Waals surface area contributed by atoms with Crippen molar-refractivity contribution >= 4 is 17.3 Å². The summed E-state index contributed by atoms with van der Waals surface area (Å²) in [5, 5.41) is 11.0. The van der Waals surface area contributed by atoms with Gasteiger partial charge in [-0.25, -0.2) is 9.37 Å². The number of nitrogens with two attached hydrogens (primary N) is 1. The second-order valence-corrected chi connectivity index (χ2v) is 5.97. The van der Waals surface area contributed by atoms with Crippen LogP contribution in [0.25, 0.3) is 0 Å². The smallest absolute Gasteiger partial charge is 0.270 e. The average molecular weight is 326 g/mol. The first-order valence-corrected chi connectivity index (χ1v) is 7.89. The molecule has 1 saturated carbocycles. The van der Waals surface area contributed by atoms with E-state index in [0.29, 0.717) is 23.2 Å². The quantitative estimate of drug-likeness (QED) is 0.726. The number of pyridine rings is 1. The van der Waals surface area contributed by atoms with Crippen molar-refractivity contribution in [3.63, 3.8) is 0 Å². The molecule has 2 aliphatic rings. The number of amides is 1.